The average molecular weight is 496 g/mol. The first-order chi connectivity index (χ1) is 16.3. The third-order valence-electron chi connectivity index (χ3n) is 5.88. The first-order valence-electron chi connectivity index (χ1n) is 10.6. The van der Waals surface area contributed by atoms with E-state index < -0.39 is 17.7 Å². The lowest BCUT2D eigenvalue weighted by Gasteiger charge is -2.18. The van der Waals surface area contributed by atoms with Gasteiger partial charge in [-0.1, -0.05) is 41.4 Å². The van der Waals surface area contributed by atoms with Crippen molar-refractivity contribution in [3.63, 3.8) is 0 Å². The van der Waals surface area contributed by atoms with Crippen LogP contribution in [-0.2, 0) is 9.59 Å². The largest absolute Gasteiger partial charge is 0.325 e. The number of aryl methyl sites for hydroxylation is 1. The minimum absolute atomic E-state index is 0.0567. The van der Waals surface area contributed by atoms with Crippen molar-refractivity contribution in [2.75, 3.05) is 16.8 Å². The third kappa shape index (κ3) is 4.91. The number of amides is 2. The Morgan fingerprint density at radius 1 is 1.15 bits per heavy atom. The minimum atomic E-state index is -0.593. The molecule has 1 aliphatic rings. The van der Waals surface area contributed by atoms with Crippen LogP contribution in [0.15, 0.2) is 60.7 Å². The van der Waals surface area contributed by atoms with E-state index >= 15 is 0 Å². The first-order valence-corrected chi connectivity index (χ1v) is 11.3. The second-order valence-electron chi connectivity index (χ2n) is 8.17. The molecule has 8 heteroatoms. The van der Waals surface area contributed by atoms with Gasteiger partial charge in [0.15, 0.2) is 0 Å². The van der Waals surface area contributed by atoms with Gasteiger partial charge in [-0.15, -0.1) is 0 Å². The fraction of sp³-hybridized carbons (Fsp3) is 0.192. The van der Waals surface area contributed by atoms with Crippen LogP contribution >= 0.6 is 23.2 Å². The van der Waals surface area contributed by atoms with Crippen molar-refractivity contribution in [1.82, 2.24) is 0 Å². The molecule has 1 fully saturated rings. The molecule has 172 valence electrons. The standard InChI is InChI=1S/C26H20Cl2FN3O2/c1-15-10-21(22(13-30)16-2-4-18(27)5-3-16)23(28)12-24(15)31-26(34)17-11-25(33)32(14-17)20-8-6-19(29)7-9-20/h2-10,12,17,22H,11,14H2,1H3,(H,31,34)/t17-,22+/m0/s1. The molecule has 0 aromatic heterocycles. The third-order valence-corrected chi connectivity index (χ3v) is 6.46. The molecular weight excluding hydrogens is 476 g/mol. The molecule has 0 aliphatic carbocycles. The molecule has 1 saturated heterocycles. The highest BCUT2D eigenvalue weighted by Gasteiger charge is 2.35. The van der Waals surface area contributed by atoms with Crippen LogP contribution in [0.5, 0.6) is 0 Å². The van der Waals surface area contributed by atoms with Crippen molar-refractivity contribution < 1.29 is 14.0 Å². The summed E-state index contributed by atoms with van der Waals surface area (Å²) < 4.78 is 13.2. The molecule has 3 aromatic carbocycles. The van der Waals surface area contributed by atoms with Gasteiger partial charge in [0.1, 0.15) is 5.82 Å². The van der Waals surface area contributed by atoms with Crippen LogP contribution in [0.25, 0.3) is 0 Å². The summed E-state index contributed by atoms with van der Waals surface area (Å²) in [5.74, 6) is -2.05. The van der Waals surface area contributed by atoms with Gasteiger partial charge in [-0.25, -0.2) is 4.39 Å². The molecule has 1 aliphatic heterocycles. The van der Waals surface area contributed by atoms with Gasteiger partial charge in [0, 0.05) is 34.4 Å². The Hall–Kier alpha value is -3.40. The Morgan fingerprint density at radius 3 is 2.47 bits per heavy atom. The normalized spacial score (nSPS) is 16.3. The number of nitrogens with one attached hydrogen (secondary N) is 1. The van der Waals surface area contributed by atoms with Crippen LogP contribution in [0.1, 0.15) is 29.0 Å². The number of hydrogen-bond acceptors (Lipinski definition) is 3. The van der Waals surface area contributed by atoms with Gasteiger partial charge < -0.3 is 10.2 Å². The van der Waals surface area contributed by atoms with Crippen molar-refractivity contribution in [3.05, 3.63) is 93.2 Å². The van der Waals surface area contributed by atoms with E-state index in [1.54, 1.807) is 36.4 Å². The van der Waals surface area contributed by atoms with Gasteiger partial charge in [-0.3, -0.25) is 9.59 Å². The molecule has 2 atom stereocenters. The Morgan fingerprint density at radius 2 is 1.82 bits per heavy atom. The Balaban J connectivity index is 1.51. The molecular formula is C26H20Cl2FN3O2. The zero-order valence-electron chi connectivity index (χ0n) is 18.2. The van der Waals surface area contributed by atoms with E-state index in [2.05, 4.69) is 11.4 Å². The maximum Gasteiger partial charge on any atom is 0.229 e. The van der Waals surface area contributed by atoms with E-state index in [4.69, 9.17) is 23.2 Å². The van der Waals surface area contributed by atoms with E-state index in [9.17, 15) is 19.2 Å². The smallest absolute Gasteiger partial charge is 0.229 e. The highest BCUT2D eigenvalue weighted by Crippen LogP contribution is 2.35. The van der Waals surface area contributed by atoms with Crippen LogP contribution in [0, 0.1) is 30.0 Å². The number of nitrogens with zero attached hydrogens (tertiary/aromatic N) is 2. The Labute approximate surface area is 206 Å². The molecule has 34 heavy (non-hydrogen) atoms. The topological polar surface area (TPSA) is 73.2 Å². The van der Waals surface area contributed by atoms with Gasteiger partial charge >= 0.3 is 0 Å². The predicted molar refractivity (Wildman–Crippen MR) is 131 cm³/mol. The molecule has 0 bridgehead atoms. The van der Waals surface area contributed by atoms with E-state index in [-0.39, 0.29) is 24.8 Å². The van der Waals surface area contributed by atoms with E-state index in [0.29, 0.717) is 27.0 Å². The van der Waals surface area contributed by atoms with E-state index in [0.717, 1.165) is 11.1 Å². The van der Waals surface area contributed by atoms with Gasteiger partial charge in [-0.05, 0) is 66.1 Å². The number of carbonyl (C=O) groups excluding carboxylic acids is 2. The number of halogens is 3. The van der Waals surface area contributed by atoms with Crippen molar-refractivity contribution in [2.24, 2.45) is 5.92 Å². The monoisotopic (exact) mass is 495 g/mol. The molecule has 1 heterocycles. The lowest BCUT2D eigenvalue weighted by atomic mass is 9.91. The summed E-state index contributed by atoms with van der Waals surface area (Å²) >= 11 is 12.5. The minimum Gasteiger partial charge on any atom is -0.325 e. The zero-order chi connectivity index (χ0) is 24.4. The van der Waals surface area contributed by atoms with Crippen LogP contribution in [0.2, 0.25) is 10.0 Å². The second-order valence-corrected chi connectivity index (χ2v) is 9.02. The van der Waals surface area contributed by atoms with Crippen LogP contribution in [0.3, 0.4) is 0 Å². The number of anilines is 2. The fourth-order valence-corrected chi connectivity index (χ4v) is 4.43. The summed E-state index contributed by atoms with van der Waals surface area (Å²) in [5, 5.41) is 13.5. The summed E-state index contributed by atoms with van der Waals surface area (Å²) in [5.41, 5.74) is 3.19. The number of benzene rings is 3. The van der Waals surface area contributed by atoms with Gasteiger partial charge in [-0.2, -0.15) is 5.26 Å². The van der Waals surface area contributed by atoms with Crippen molar-refractivity contribution in [3.8, 4) is 6.07 Å². The highest BCUT2D eigenvalue weighted by atomic mass is 35.5. The first kappa shape index (κ1) is 23.7. The predicted octanol–water partition coefficient (Wildman–Crippen LogP) is 6.09. The fourth-order valence-electron chi connectivity index (χ4n) is 4.03. The summed E-state index contributed by atoms with van der Waals surface area (Å²) in [4.78, 5) is 26.9. The number of carbonyl (C=O) groups is 2. The maximum absolute atomic E-state index is 13.2. The van der Waals surface area contributed by atoms with Crippen LogP contribution in [-0.4, -0.2) is 18.4 Å². The van der Waals surface area contributed by atoms with Crippen LogP contribution < -0.4 is 10.2 Å². The zero-order valence-corrected chi connectivity index (χ0v) is 19.7. The van der Waals surface area contributed by atoms with Gasteiger partial charge in [0.05, 0.1) is 17.9 Å². The van der Waals surface area contributed by atoms with Gasteiger partial charge in [0.25, 0.3) is 0 Å². The number of rotatable bonds is 5. The lowest BCUT2D eigenvalue weighted by molar-refractivity contribution is -0.122. The summed E-state index contributed by atoms with van der Waals surface area (Å²) in [6, 6.07) is 18.3. The van der Waals surface area contributed by atoms with E-state index in [1.165, 1.54) is 29.2 Å². The van der Waals surface area contributed by atoms with E-state index in [1.807, 2.05) is 6.92 Å². The highest BCUT2D eigenvalue weighted by molar-refractivity contribution is 6.32. The molecule has 1 N–H and O–H groups in total. The molecule has 0 saturated carbocycles. The van der Waals surface area contributed by atoms with Crippen LogP contribution in [0.4, 0.5) is 15.8 Å². The van der Waals surface area contributed by atoms with Crippen molar-refractivity contribution in [1.29, 1.82) is 5.26 Å². The Kier molecular flexibility index (Phi) is 6.87. The SMILES string of the molecule is Cc1cc([C@H](C#N)c2ccc(Cl)cc2)c(Cl)cc1NC(=O)[C@H]1CC(=O)N(c2ccc(F)cc2)C1. The molecule has 0 spiro atoms. The number of hydrogen-bond donors (Lipinski definition) is 1. The number of nitriles is 1. The molecule has 3 aromatic rings. The molecule has 5 nitrogen and oxygen atoms in total. The summed E-state index contributed by atoms with van der Waals surface area (Å²) in [6.45, 7) is 2.02. The average Bonchev–Trinajstić information content (AvgIpc) is 3.21. The summed E-state index contributed by atoms with van der Waals surface area (Å²) in [6.07, 6.45) is 0.0567. The Bertz CT molecular complexity index is 1290. The van der Waals surface area contributed by atoms with Gasteiger partial charge in [0.2, 0.25) is 11.8 Å². The molecule has 0 unspecified atom stereocenters. The molecule has 4 rings (SSSR count). The lowest BCUT2D eigenvalue weighted by Crippen LogP contribution is -2.28. The quantitative estimate of drug-likeness (QED) is 0.465. The van der Waals surface area contributed by atoms with Crippen molar-refractivity contribution in [2.45, 2.75) is 19.3 Å². The van der Waals surface area contributed by atoms with Crippen molar-refractivity contribution >= 4 is 46.4 Å². The molecule has 2 amide bonds. The molecule has 0 radical (unpaired) electrons. The maximum atomic E-state index is 13.2. The second kappa shape index (κ2) is 9.84. The summed E-state index contributed by atoms with van der Waals surface area (Å²) in [7, 11) is 0.